The third kappa shape index (κ3) is 5.41. The first-order valence-electron chi connectivity index (χ1n) is 6.95. The first-order valence-corrected chi connectivity index (χ1v) is 7.70. The van der Waals surface area contributed by atoms with Gasteiger partial charge in [-0.2, -0.15) is 0 Å². The van der Waals surface area contributed by atoms with Crippen LogP contribution < -0.4 is 5.32 Å². The van der Waals surface area contributed by atoms with E-state index in [0.29, 0.717) is 15.6 Å². The molecule has 2 rings (SSSR count). The molecule has 1 amide bonds. The highest BCUT2D eigenvalue weighted by molar-refractivity contribution is 6.35. The van der Waals surface area contributed by atoms with E-state index in [4.69, 9.17) is 23.2 Å². The Morgan fingerprint density at radius 2 is 1.52 bits per heavy atom. The molecule has 0 saturated heterocycles. The van der Waals surface area contributed by atoms with E-state index in [0.717, 1.165) is 12.1 Å². The largest absolute Gasteiger partial charge is 0.322 e. The molecule has 0 fully saturated rings. The topological polar surface area (TPSA) is 29.1 Å². The quantitative estimate of drug-likeness (QED) is 0.755. The van der Waals surface area contributed by atoms with Crippen LogP contribution in [0.15, 0.2) is 42.5 Å². The van der Waals surface area contributed by atoms with Crippen LogP contribution in [0.25, 0.3) is 0 Å². The lowest BCUT2D eigenvalue weighted by atomic mass is 10.1. The van der Waals surface area contributed by atoms with E-state index in [9.17, 15) is 4.79 Å². The smallest absolute Gasteiger partial charge is 0.255 e. The molecule has 21 heavy (non-hydrogen) atoms. The lowest BCUT2D eigenvalue weighted by Gasteiger charge is -2.07. The minimum Gasteiger partial charge on any atom is -0.322 e. The maximum atomic E-state index is 12.0. The van der Waals surface area contributed by atoms with Crippen molar-refractivity contribution in [3.05, 3.63) is 63.6 Å². The number of aryl methyl sites for hydroxylation is 1. The number of benzene rings is 2. The van der Waals surface area contributed by atoms with Gasteiger partial charge >= 0.3 is 0 Å². The zero-order valence-corrected chi connectivity index (χ0v) is 13.9. The summed E-state index contributed by atoms with van der Waals surface area (Å²) in [7, 11) is 0. The van der Waals surface area contributed by atoms with Gasteiger partial charge in [0.1, 0.15) is 0 Å². The van der Waals surface area contributed by atoms with Crippen molar-refractivity contribution >= 4 is 34.8 Å². The molecular weight excluding hydrogens is 305 g/mol. The number of anilines is 1. The zero-order chi connectivity index (χ0) is 15.8. The van der Waals surface area contributed by atoms with Gasteiger partial charge < -0.3 is 5.32 Å². The van der Waals surface area contributed by atoms with E-state index in [1.54, 1.807) is 18.2 Å². The molecular formula is C17H19Cl2NO. The number of hydrogen-bond acceptors (Lipinski definition) is 1. The Balaban J connectivity index is 0.00000106. The molecule has 0 radical (unpaired) electrons. The number of rotatable bonds is 3. The maximum Gasteiger partial charge on any atom is 0.255 e. The van der Waals surface area contributed by atoms with Gasteiger partial charge in [-0.05, 0) is 42.3 Å². The van der Waals surface area contributed by atoms with E-state index in [1.807, 2.05) is 38.1 Å². The van der Waals surface area contributed by atoms with Gasteiger partial charge in [-0.3, -0.25) is 4.79 Å². The summed E-state index contributed by atoms with van der Waals surface area (Å²) in [5.74, 6) is -0.228. The van der Waals surface area contributed by atoms with Crippen molar-refractivity contribution in [3.63, 3.8) is 0 Å². The molecule has 0 bridgehead atoms. The van der Waals surface area contributed by atoms with Gasteiger partial charge in [0.15, 0.2) is 0 Å². The Hall–Kier alpha value is -1.51. The van der Waals surface area contributed by atoms with Crippen LogP contribution in [0.3, 0.4) is 0 Å². The summed E-state index contributed by atoms with van der Waals surface area (Å²) < 4.78 is 0. The number of carbonyl (C=O) groups is 1. The van der Waals surface area contributed by atoms with E-state index >= 15 is 0 Å². The second kappa shape index (κ2) is 8.71. The Morgan fingerprint density at radius 3 is 2.00 bits per heavy atom. The van der Waals surface area contributed by atoms with Crippen molar-refractivity contribution in [1.29, 1.82) is 0 Å². The number of hydrogen-bond donors (Lipinski definition) is 1. The van der Waals surface area contributed by atoms with E-state index in [1.165, 1.54) is 5.56 Å². The second-order valence-electron chi connectivity index (χ2n) is 4.16. The van der Waals surface area contributed by atoms with Crippen molar-refractivity contribution in [2.75, 3.05) is 5.32 Å². The van der Waals surface area contributed by atoms with Gasteiger partial charge in [0, 0.05) is 21.3 Å². The summed E-state index contributed by atoms with van der Waals surface area (Å²) >= 11 is 11.7. The fourth-order valence-electron chi connectivity index (χ4n) is 1.71. The van der Waals surface area contributed by atoms with Crippen LogP contribution in [-0.2, 0) is 6.42 Å². The van der Waals surface area contributed by atoms with Gasteiger partial charge in [-0.15, -0.1) is 0 Å². The summed E-state index contributed by atoms with van der Waals surface area (Å²) in [6, 6.07) is 12.5. The van der Waals surface area contributed by atoms with Crippen LogP contribution in [-0.4, -0.2) is 5.91 Å². The van der Waals surface area contributed by atoms with Gasteiger partial charge in [0.25, 0.3) is 5.91 Å². The van der Waals surface area contributed by atoms with Crippen molar-refractivity contribution in [2.45, 2.75) is 27.2 Å². The third-order valence-electron chi connectivity index (χ3n) is 2.74. The van der Waals surface area contributed by atoms with Crippen molar-refractivity contribution in [1.82, 2.24) is 0 Å². The van der Waals surface area contributed by atoms with Gasteiger partial charge in [0.2, 0.25) is 0 Å². The van der Waals surface area contributed by atoms with E-state index in [2.05, 4.69) is 12.2 Å². The highest BCUT2D eigenvalue weighted by atomic mass is 35.5. The Bertz CT molecular complexity index is 574. The van der Waals surface area contributed by atoms with Gasteiger partial charge in [-0.1, -0.05) is 56.1 Å². The molecule has 4 heteroatoms. The van der Waals surface area contributed by atoms with Crippen LogP contribution in [0, 0.1) is 0 Å². The highest BCUT2D eigenvalue weighted by Gasteiger charge is 2.08. The molecule has 1 N–H and O–H groups in total. The highest BCUT2D eigenvalue weighted by Crippen LogP contribution is 2.20. The van der Waals surface area contributed by atoms with Crippen LogP contribution in [0.1, 0.15) is 36.7 Å². The molecule has 0 aliphatic carbocycles. The number of halogens is 2. The third-order valence-corrected chi connectivity index (χ3v) is 3.18. The lowest BCUT2D eigenvalue weighted by molar-refractivity contribution is 0.102. The van der Waals surface area contributed by atoms with Gasteiger partial charge in [0.05, 0.1) is 0 Å². The fraction of sp³-hybridized carbons (Fsp3) is 0.235. The van der Waals surface area contributed by atoms with E-state index in [-0.39, 0.29) is 5.91 Å². The number of carbonyl (C=O) groups excluding carboxylic acids is 1. The summed E-state index contributed by atoms with van der Waals surface area (Å²) in [6.45, 7) is 6.08. The van der Waals surface area contributed by atoms with Crippen LogP contribution in [0.5, 0.6) is 0 Å². The minimum absolute atomic E-state index is 0.228. The molecule has 2 aromatic carbocycles. The monoisotopic (exact) mass is 323 g/mol. The van der Waals surface area contributed by atoms with Gasteiger partial charge in [-0.25, -0.2) is 0 Å². The normalized spacial score (nSPS) is 9.57. The summed E-state index contributed by atoms with van der Waals surface area (Å²) in [6.07, 6.45) is 0.970. The lowest BCUT2D eigenvalue weighted by Crippen LogP contribution is -2.11. The summed E-state index contributed by atoms with van der Waals surface area (Å²) in [5.41, 5.74) is 2.42. The van der Waals surface area contributed by atoms with E-state index < -0.39 is 0 Å². The first kappa shape index (κ1) is 17.5. The summed E-state index contributed by atoms with van der Waals surface area (Å²) in [5, 5.41) is 3.69. The van der Waals surface area contributed by atoms with Crippen molar-refractivity contribution in [2.24, 2.45) is 0 Å². The van der Waals surface area contributed by atoms with Crippen LogP contribution in [0.2, 0.25) is 10.0 Å². The fourth-order valence-corrected chi connectivity index (χ4v) is 2.24. The SMILES string of the molecule is CC.CCc1ccc(NC(=O)c2cc(Cl)cc(Cl)c2)cc1. The molecule has 2 nitrogen and oxygen atoms in total. The first-order chi connectivity index (χ1) is 10.1. The van der Waals surface area contributed by atoms with Crippen LogP contribution in [0.4, 0.5) is 5.69 Å². The molecule has 0 spiro atoms. The average Bonchev–Trinajstić information content (AvgIpc) is 2.49. The Morgan fingerprint density at radius 1 is 1.00 bits per heavy atom. The Labute approximate surface area is 136 Å². The molecule has 0 saturated carbocycles. The second-order valence-corrected chi connectivity index (χ2v) is 5.04. The average molecular weight is 324 g/mol. The standard InChI is InChI=1S/C15H13Cl2NO.C2H6/c1-2-10-3-5-14(6-4-10)18-15(19)11-7-12(16)9-13(17)8-11;1-2/h3-9H,2H2,1H3,(H,18,19);1-2H3. The molecule has 0 aliphatic rings. The molecule has 0 heterocycles. The minimum atomic E-state index is -0.228. The molecule has 0 aromatic heterocycles. The predicted octanol–water partition coefficient (Wildman–Crippen LogP) is 5.83. The number of amides is 1. The molecule has 0 atom stereocenters. The predicted molar refractivity (Wildman–Crippen MR) is 91.6 cm³/mol. The zero-order valence-electron chi connectivity index (χ0n) is 12.4. The Kier molecular flexibility index (Phi) is 7.27. The number of nitrogens with one attached hydrogen (secondary N) is 1. The van der Waals surface area contributed by atoms with Crippen molar-refractivity contribution < 1.29 is 4.79 Å². The maximum absolute atomic E-state index is 12.0. The molecule has 0 unspecified atom stereocenters. The molecule has 2 aromatic rings. The summed E-state index contributed by atoms with van der Waals surface area (Å²) in [4.78, 5) is 12.0. The van der Waals surface area contributed by atoms with Crippen molar-refractivity contribution in [3.8, 4) is 0 Å². The molecule has 0 aliphatic heterocycles. The molecule has 112 valence electrons. The van der Waals surface area contributed by atoms with Crippen LogP contribution >= 0.6 is 23.2 Å².